The minimum atomic E-state index is -0.722. The van der Waals surface area contributed by atoms with Gasteiger partial charge in [0.2, 0.25) is 0 Å². The second-order valence-electron chi connectivity index (χ2n) is 10.2. The van der Waals surface area contributed by atoms with E-state index in [4.69, 9.17) is 18.9 Å². The number of esters is 2. The largest absolute Gasteiger partial charge is 0.469 e. The molecule has 0 spiro atoms. The molecule has 1 aromatic carbocycles. The van der Waals surface area contributed by atoms with Crippen LogP contribution >= 0.6 is 0 Å². The van der Waals surface area contributed by atoms with Gasteiger partial charge >= 0.3 is 11.9 Å². The third kappa shape index (κ3) is 12.9. The van der Waals surface area contributed by atoms with Crippen LogP contribution in [-0.2, 0) is 35.1 Å². The van der Waals surface area contributed by atoms with Gasteiger partial charge in [-0.05, 0) is 24.8 Å². The van der Waals surface area contributed by atoms with Crippen molar-refractivity contribution < 1.29 is 28.5 Å². The van der Waals surface area contributed by atoms with E-state index in [9.17, 15) is 9.59 Å². The Balaban J connectivity index is 1.66. The molecule has 1 fully saturated rings. The van der Waals surface area contributed by atoms with Crippen molar-refractivity contribution in [3.05, 3.63) is 35.9 Å². The Bertz CT molecular complexity index is 721. The van der Waals surface area contributed by atoms with E-state index < -0.39 is 5.60 Å². The van der Waals surface area contributed by atoms with Gasteiger partial charge in [-0.1, -0.05) is 101 Å². The Hall–Kier alpha value is -1.92. The topological polar surface area (TPSA) is 71.1 Å². The van der Waals surface area contributed by atoms with Crippen molar-refractivity contribution in [2.75, 3.05) is 20.3 Å². The first-order valence-electron chi connectivity index (χ1n) is 14.1. The lowest BCUT2D eigenvalue weighted by atomic mass is 10.0. The fourth-order valence-electron chi connectivity index (χ4n) is 4.71. The maximum Gasteiger partial charge on any atom is 0.308 e. The van der Waals surface area contributed by atoms with Crippen LogP contribution in [0.2, 0.25) is 0 Å². The summed E-state index contributed by atoms with van der Waals surface area (Å²) in [7, 11) is 1.38. The summed E-state index contributed by atoms with van der Waals surface area (Å²) in [6, 6.07) is 9.94. The molecule has 1 aliphatic rings. The molecule has 1 aromatic rings. The zero-order valence-corrected chi connectivity index (χ0v) is 22.6. The smallest absolute Gasteiger partial charge is 0.308 e. The number of ether oxygens (including phenoxy) is 4. The molecule has 0 bridgehead atoms. The zero-order valence-electron chi connectivity index (χ0n) is 22.6. The molecular weight excluding hydrogens is 456 g/mol. The minimum Gasteiger partial charge on any atom is -0.469 e. The number of methoxy groups -OCH3 is 1. The third-order valence-electron chi connectivity index (χ3n) is 6.92. The zero-order chi connectivity index (χ0) is 25.9. The lowest BCUT2D eigenvalue weighted by molar-refractivity contribution is -0.166. The monoisotopic (exact) mass is 504 g/mol. The number of carbonyl (C=O) groups excluding carboxylic acids is 2. The minimum absolute atomic E-state index is 0.149. The molecule has 1 heterocycles. The van der Waals surface area contributed by atoms with Crippen molar-refractivity contribution >= 4 is 11.9 Å². The Labute approximate surface area is 218 Å². The first kappa shape index (κ1) is 30.3. The van der Waals surface area contributed by atoms with Crippen LogP contribution in [0.4, 0.5) is 0 Å². The van der Waals surface area contributed by atoms with Crippen molar-refractivity contribution in [3.8, 4) is 0 Å². The van der Waals surface area contributed by atoms with Gasteiger partial charge in [0.05, 0.1) is 32.8 Å². The van der Waals surface area contributed by atoms with Gasteiger partial charge in [0.15, 0.2) is 0 Å². The molecule has 1 saturated heterocycles. The maximum atomic E-state index is 12.4. The standard InChI is InChI=1S/C30H48O6/c1-3-4-5-6-7-8-9-10-11-12-16-19-28(31)35-25-30(21-20-27(36-30)22-29(32)33-2)24-34-23-26-17-14-13-15-18-26/h13-15,17-18,27H,3-12,16,19-25H2,1-2H3/t27-,30+/m0/s1. The van der Waals surface area contributed by atoms with Crippen LogP contribution in [0.25, 0.3) is 0 Å². The molecule has 204 valence electrons. The van der Waals surface area contributed by atoms with Gasteiger partial charge in [0.25, 0.3) is 0 Å². The summed E-state index contributed by atoms with van der Waals surface area (Å²) in [5, 5.41) is 0. The molecule has 0 unspecified atom stereocenters. The van der Waals surface area contributed by atoms with E-state index in [1.54, 1.807) is 0 Å². The molecule has 36 heavy (non-hydrogen) atoms. The van der Waals surface area contributed by atoms with Crippen molar-refractivity contribution in [1.82, 2.24) is 0 Å². The molecule has 0 radical (unpaired) electrons. The molecule has 0 amide bonds. The van der Waals surface area contributed by atoms with Crippen molar-refractivity contribution in [1.29, 1.82) is 0 Å². The number of hydrogen-bond donors (Lipinski definition) is 0. The van der Waals surface area contributed by atoms with E-state index in [0.717, 1.165) is 18.4 Å². The van der Waals surface area contributed by atoms with E-state index in [2.05, 4.69) is 6.92 Å². The average molecular weight is 505 g/mol. The quantitative estimate of drug-likeness (QED) is 0.142. The lowest BCUT2D eigenvalue weighted by Gasteiger charge is -2.29. The second-order valence-corrected chi connectivity index (χ2v) is 10.2. The highest BCUT2D eigenvalue weighted by Gasteiger charge is 2.42. The normalized spacial score (nSPS) is 19.3. The summed E-state index contributed by atoms with van der Waals surface area (Å²) in [5.41, 5.74) is 0.352. The van der Waals surface area contributed by atoms with Gasteiger partial charge in [-0.3, -0.25) is 9.59 Å². The maximum absolute atomic E-state index is 12.4. The Kier molecular flexibility index (Phi) is 15.4. The molecule has 2 rings (SSSR count). The van der Waals surface area contributed by atoms with Crippen LogP contribution in [0.1, 0.15) is 109 Å². The number of rotatable bonds is 20. The van der Waals surface area contributed by atoms with E-state index in [0.29, 0.717) is 32.5 Å². The van der Waals surface area contributed by atoms with Crippen LogP contribution in [0, 0.1) is 0 Å². The summed E-state index contributed by atoms with van der Waals surface area (Å²) >= 11 is 0. The summed E-state index contributed by atoms with van der Waals surface area (Å²) in [6.07, 6.45) is 15.5. The Morgan fingerprint density at radius 2 is 1.53 bits per heavy atom. The summed E-state index contributed by atoms with van der Waals surface area (Å²) in [6.45, 7) is 3.17. The highest BCUT2D eigenvalue weighted by Crippen LogP contribution is 2.33. The first-order valence-corrected chi connectivity index (χ1v) is 14.1. The number of carbonyl (C=O) groups is 2. The van der Waals surface area contributed by atoms with E-state index in [-0.39, 0.29) is 31.1 Å². The summed E-state index contributed by atoms with van der Waals surface area (Å²) < 4.78 is 22.6. The highest BCUT2D eigenvalue weighted by molar-refractivity contribution is 5.70. The van der Waals surface area contributed by atoms with Crippen LogP contribution in [0.15, 0.2) is 30.3 Å². The molecule has 0 N–H and O–H groups in total. The van der Waals surface area contributed by atoms with Crippen molar-refractivity contribution in [2.24, 2.45) is 0 Å². The fourth-order valence-corrected chi connectivity index (χ4v) is 4.71. The predicted molar refractivity (Wildman–Crippen MR) is 142 cm³/mol. The molecule has 6 heteroatoms. The molecular formula is C30H48O6. The van der Waals surface area contributed by atoms with Gasteiger partial charge < -0.3 is 18.9 Å². The average Bonchev–Trinajstić information content (AvgIpc) is 3.29. The molecule has 0 saturated carbocycles. The molecule has 1 aliphatic heterocycles. The van der Waals surface area contributed by atoms with Crippen LogP contribution in [0.3, 0.4) is 0 Å². The van der Waals surface area contributed by atoms with Gasteiger partial charge in [0, 0.05) is 6.42 Å². The van der Waals surface area contributed by atoms with E-state index in [1.165, 1.54) is 64.9 Å². The lowest BCUT2D eigenvalue weighted by Crippen LogP contribution is -2.41. The van der Waals surface area contributed by atoms with Crippen LogP contribution in [0.5, 0.6) is 0 Å². The van der Waals surface area contributed by atoms with Crippen molar-refractivity contribution in [2.45, 2.75) is 122 Å². The molecule has 2 atom stereocenters. The third-order valence-corrected chi connectivity index (χ3v) is 6.92. The summed E-state index contributed by atoms with van der Waals surface area (Å²) in [4.78, 5) is 24.1. The first-order chi connectivity index (χ1) is 17.6. The molecule has 0 aliphatic carbocycles. The Morgan fingerprint density at radius 3 is 2.17 bits per heavy atom. The van der Waals surface area contributed by atoms with Gasteiger partial charge in [0.1, 0.15) is 12.2 Å². The van der Waals surface area contributed by atoms with E-state index in [1.807, 2.05) is 30.3 Å². The highest BCUT2D eigenvalue weighted by atomic mass is 16.6. The number of benzene rings is 1. The predicted octanol–water partition coefficient (Wildman–Crippen LogP) is 6.93. The number of hydrogen-bond acceptors (Lipinski definition) is 6. The van der Waals surface area contributed by atoms with Crippen LogP contribution in [-0.4, -0.2) is 44.0 Å². The summed E-state index contributed by atoms with van der Waals surface area (Å²) in [5.74, 6) is -0.483. The molecule has 0 aromatic heterocycles. The van der Waals surface area contributed by atoms with Gasteiger partial charge in [-0.25, -0.2) is 0 Å². The Morgan fingerprint density at radius 1 is 0.889 bits per heavy atom. The second kappa shape index (κ2) is 18.3. The SMILES string of the molecule is CCCCCCCCCCCCCC(=O)OC[C@]1(COCc2ccccc2)CC[C@@H](CC(=O)OC)O1. The fraction of sp³-hybridized carbons (Fsp3) is 0.733. The van der Waals surface area contributed by atoms with Crippen molar-refractivity contribution in [3.63, 3.8) is 0 Å². The van der Waals surface area contributed by atoms with Gasteiger partial charge in [-0.15, -0.1) is 0 Å². The van der Waals surface area contributed by atoms with Crippen LogP contribution < -0.4 is 0 Å². The van der Waals surface area contributed by atoms with Gasteiger partial charge in [-0.2, -0.15) is 0 Å². The number of unbranched alkanes of at least 4 members (excludes halogenated alkanes) is 10. The molecule has 6 nitrogen and oxygen atoms in total. The van der Waals surface area contributed by atoms with E-state index >= 15 is 0 Å².